The summed E-state index contributed by atoms with van der Waals surface area (Å²) >= 11 is 0. The van der Waals surface area contributed by atoms with Gasteiger partial charge in [0.05, 0.1) is 23.5 Å². The van der Waals surface area contributed by atoms with Gasteiger partial charge in [-0.05, 0) is 59.4 Å². The second-order valence-corrected chi connectivity index (χ2v) is 11.7. The quantitative estimate of drug-likeness (QED) is 0.198. The Morgan fingerprint density at radius 2 is 1.75 bits per heavy atom. The zero-order chi connectivity index (χ0) is 29.5. The van der Waals surface area contributed by atoms with Crippen molar-refractivity contribution in [1.29, 1.82) is 0 Å². The summed E-state index contributed by atoms with van der Waals surface area (Å²) in [5, 5.41) is 9.06. The van der Waals surface area contributed by atoms with Crippen LogP contribution in [-0.4, -0.2) is 50.3 Å². The molecule has 0 aliphatic rings. The van der Waals surface area contributed by atoms with Crippen molar-refractivity contribution in [2.75, 3.05) is 26.0 Å². The molecular formula is C29H31F4NO5S. The topological polar surface area (TPSA) is 83.9 Å². The molecule has 0 spiro atoms. The van der Waals surface area contributed by atoms with Gasteiger partial charge in [-0.15, -0.1) is 0 Å². The summed E-state index contributed by atoms with van der Waals surface area (Å²) in [4.78, 5) is 13.0. The molecule has 0 saturated carbocycles. The average Bonchev–Trinajstić information content (AvgIpc) is 2.86. The first-order valence-corrected chi connectivity index (χ1v) is 14.4. The van der Waals surface area contributed by atoms with E-state index in [-0.39, 0.29) is 41.1 Å². The molecule has 1 atom stereocenters. The number of sulfone groups is 1. The number of alkyl halides is 3. The number of hydrogen-bond donors (Lipinski definition) is 1. The largest absolute Gasteiger partial charge is 0.494 e. The van der Waals surface area contributed by atoms with Gasteiger partial charge >= 0.3 is 12.1 Å². The van der Waals surface area contributed by atoms with E-state index in [1.807, 2.05) is 11.8 Å². The summed E-state index contributed by atoms with van der Waals surface area (Å²) < 4.78 is 83.2. The standard InChI is InChI=1S/C29H31F4NO5S/c1-20(22-7-10-25(30)11-8-22)18-34(19-21-5-3-6-24(15-21)29(31,32)33)13-4-14-39-26-12-9-23(16-28(35)36)27(17-26)40(2,37)38/h3,5-12,15,17,20H,4,13-14,16,18-19H2,1-2H3,(H,35,36). The minimum Gasteiger partial charge on any atom is -0.494 e. The summed E-state index contributed by atoms with van der Waals surface area (Å²) in [6, 6.07) is 15.4. The molecule has 1 N–H and O–H groups in total. The number of nitrogens with zero attached hydrogens (tertiary/aromatic N) is 1. The summed E-state index contributed by atoms with van der Waals surface area (Å²) in [7, 11) is -3.69. The highest BCUT2D eigenvalue weighted by atomic mass is 32.2. The lowest BCUT2D eigenvalue weighted by Gasteiger charge is -2.26. The molecule has 0 saturated heterocycles. The highest BCUT2D eigenvalue weighted by Crippen LogP contribution is 2.30. The lowest BCUT2D eigenvalue weighted by molar-refractivity contribution is -0.138. The van der Waals surface area contributed by atoms with Crippen molar-refractivity contribution in [3.05, 3.63) is 94.8 Å². The van der Waals surface area contributed by atoms with E-state index in [2.05, 4.69) is 0 Å². The van der Waals surface area contributed by atoms with Crippen molar-refractivity contribution in [3.8, 4) is 5.75 Å². The van der Waals surface area contributed by atoms with Gasteiger partial charge < -0.3 is 9.84 Å². The number of carboxylic acid groups (broad SMARTS) is 1. The maximum Gasteiger partial charge on any atom is 0.416 e. The normalized spacial score (nSPS) is 12.9. The van der Waals surface area contributed by atoms with Crippen molar-refractivity contribution in [2.45, 2.75) is 43.3 Å². The van der Waals surface area contributed by atoms with E-state index >= 15 is 0 Å². The smallest absolute Gasteiger partial charge is 0.416 e. The highest BCUT2D eigenvalue weighted by Gasteiger charge is 2.30. The molecule has 0 bridgehead atoms. The van der Waals surface area contributed by atoms with Crippen LogP contribution in [0.5, 0.6) is 5.75 Å². The monoisotopic (exact) mass is 581 g/mol. The molecule has 3 aromatic rings. The third-order valence-electron chi connectivity index (χ3n) is 6.30. The molecule has 0 aromatic heterocycles. The van der Waals surface area contributed by atoms with Gasteiger partial charge in [0.1, 0.15) is 11.6 Å². The molecule has 0 radical (unpaired) electrons. The van der Waals surface area contributed by atoms with Crippen LogP contribution in [0.15, 0.2) is 71.6 Å². The maximum atomic E-state index is 13.4. The Morgan fingerprint density at radius 3 is 2.38 bits per heavy atom. The molecule has 1 unspecified atom stereocenters. The number of benzene rings is 3. The van der Waals surface area contributed by atoms with Gasteiger partial charge in [0, 0.05) is 25.9 Å². The summed E-state index contributed by atoms with van der Waals surface area (Å²) in [6.07, 6.45) is -3.44. The minimum absolute atomic E-state index is 0.0357. The van der Waals surface area contributed by atoms with E-state index in [0.717, 1.165) is 24.0 Å². The van der Waals surface area contributed by atoms with Crippen molar-refractivity contribution in [3.63, 3.8) is 0 Å². The minimum atomic E-state index is -4.46. The molecule has 0 aliphatic heterocycles. The molecular weight excluding hydrogens is 550 g/mol. The molecule has 11 heteroatoms. The fourth-order valence-electron chi connectivity index (χ4n) is 4.38. The van der Waals surface area contributed by atoms with E-state index in [1.165, 1.54) is 36.4 Å². The fourth-order valence-corrected chi connectivity index (χ4v) is 5.33. The van der Waals surface area contributed by atoms with Gasteiger partial charge in [0.15, 0.2) is 9.84 Å². The Labute approximate surface area is 231 Å². The second kappa shape index (κ2) is 13.3. The summed E-state index contributed by atoms with van der Waals surface area (Å²) in [5.41, 5.74) is 0.813. The molecule has 40 heavy (non-hydrogen) atoms. The number of rotatable bonds is 13. The first-order chi connectivity index (χ1) is 18.7. The van der Waals surface area contributed by atoms with Gasteiger partial charge in [-0.1, -0.05) is 43.3 Å². The van der Waals surface area contributed by atoms with Gasteiger partial charge in [0.2, 0.25) is 0 Å². The first-order valence-electron chi connectivity index (χ1n) is 12.5. The van der Waals surface area contributed by atoms with E-state index in [9.17, 15) is 30.8 Å². The summed E-state index contributed by atoms with van der Waals surface area (Å²) in [6.45, 7) is 3.33. The van der Waals surface area contributed by atoms with Crippen LogP contribution in [0.2, 0.25) is 0 Å². The Bertz CT molecular complexity index is 1410. The molecule has 3 aromatic carbocycles. The van der Waals surface area contributed by atoms with Crippen molar-refractivity contribution >= 4 is 15.8 Å². The van der Waals surface area contributed by atoms with E-state index in [0.29, 0.717) is 25.1 Å². The molecule has 0 heterocycles. The van der Waals surface area contributed by atoms with Crippen molar-refractivity contribution in [2.24, 2.45) is 0 Å². The zero-order valence-corrected chi connectivity index (χ0v) is 22.9. The first kappa shape index (κ1) is 31.1. The zero-order valence-electron chi connectivity index (χ0n) is 22.1. The van der Waals surface area contributed by atoms with E-state index in [4.69, 9.17) is 9.84 Å². The van der Waals surface area contributed by atoms with Crippen LogP contribution in [0, 0.1) is 5.82 Å². The van der Waals surface area contributed by atoms with Crippen LogP contribution < -0.4 is 4.74 Å². The molecule has 6 nitrogen and oxygen atoms in total. The Morgan fingerprint density at radius 1 is 1.05 bits per heavy atom. The number of carbonyl (C=O) groups is 1. The number of hydrogen-bond acceptors (Lipinski definition) is 5. The highest BCUT2D eigenvalue weighted by molar-refractivity contribution is 7.90. The van der Waals surface area contributed by atoms with Crippen molar-refractivity contribution in [1.82, 2.24) is 4.90 Å². The van der Waals surface area contributed by atoms with Crippen molar-refractivity contribution < 1.29 is 40.6 Å². The second-order valence-electron chi connectivity index (χ2n) is 9.70. The third kappa shape index (κ3) is 9.34. The SMILES string of the molecule is CC(CN(CCCOc1ccc(CC(=O)O)c(S(C)(=O)=O)c1)Cc1cccc(C(F)(F)F)c1)c1ccc(F)cc1. The number of carboxylic acids is 1. The van der Waals surface area contributed by atoms with Crippen LogP contribution in [0.1, 0.15) is 41.5 Å². The lowest BCUT2D eigenvalue weighted by atomic mass is 10.00. The number of halogens is 4. The molecule has 3 rings (SSSR count). The Kier molecular flexibility index (Phi) is 10.3. The summed E-state index contributed by atoms with van der Waals surface area (Å²) in [5.74, 6) is -1.29. The van der Waals surface area contributed by atoms with Crippen LogP contribution >= 0.6 is 0 Å². The molecule has 0 amide bonds. The Balaban J connectivity index is 1.71. The average molecular weight is 582 g/mol. The maximum absolute atomic E-state index is 13.4. The fraction of sp³-hybridized carbons (Fsp3) is 0.345. The number of ether oxygens (including phenoxy) is 1. The van der Waals surface area contributed by atoms with E-state index in [1.54, 1.807) is 18.2 Å². The number of aliphatic carboxylic acids is 1. The van der Waals surface area contributed by atoms with Gasteiger partial charge in [-0.25, -0.2) is 12.8 Å². The predicted octanol–water partition coefficient (Wildman–Crippen LogP) is 5.95. The van der Waals surface area contributed by atoms with Gasteiger partial charge in [-0.2, -0.15) is 13.2 Å². The van der Waals surface area contributed by atoms with Gasteiger partial charge in [-0.3, -0.25) is 9.69 Å². The lowest BCUT2D eigenvalue weighted by Crippen LogP contribution is -2.29. The third-order valence-corrected chi connectivity index (χ3v) is 7.48. The molecule has 0 fully saturated rings. The molecule has 216 valence electrons. The molecule has 0 aliphatic carbocycles. The van der Waals surface area contributed by atoms with E-state index < -0.39 is 34.0 Å². The van der Waals surface area contributed by atoms with Crippen LogP contribution in [-0.2, 0) is 33.8 Å². The van der Waals surface area contributed by atoms with Crippen LogP contribution in [0.3, 0.4) is 0 Å². The van der Waals surface area contributed by atoms with Crippen LogP contribution in [0.4, 0.5) is 17.6 Å². The Hall–Kier alpha value is -3.44. The van der Waals surface area contributed by atoms with Crippen LogP contribution in [0.25, 0.3) is 0 Å². The van der Waals surface area contributed by atoms with Gasteiger partial charge in [0.25, 0.3) is 0 Å². The predicted molar refractivity (Wildman–Crippen MR) is 143 cm³/mol.